The van der Waals surface area contributed by atoms with Crippen molar-refractivity contribution in [3.8, 4) is 11.5 Å². The van der Waals surface area contributed by atoms with Crippen LogP contribution < -0.4 is 19.7 Å². The van der Waals surface area contributed by atoms with E-state index >= 15 is 0 Å². The minimum atomic E-state index is -0.463. The zero-order valence-corrected chi connectivity index (χ0v) is 22.0. The summed E-state index contributed by atoms with van der Waals surface area (Å²) in [7, 11) is 1.65. The summed E-state index contributed by atoms with van der Waals surface area (Å²) in [5.74, 6) is 0.959. The second-order valence-electron chi connectivity index (χ2n) is 8.71. The number of carbonyl (C=O) groups excluding carboxylic acids is 2. The summed E-state index contributed by atoms with van der Waals surface area (Å²) >= 11 is 5.88. The van der Waals surface area contributed by atoms with Gasteiger partial charge in [-0.2, -0.15) is 0 Å². The van der Waals surface area contributed by atoms with E-state index in [-0.39, 0.29) is 25.1 Å². The van der Waals surface area contributed by atoms with Gasteiger partial charge in [-0.05, 0) is 54.6 Å². The van der Waals surface area contributed by atoms with Crippen LogP contribution in [0.2, 0.25) is 5.02 Å². The minimum absolute atomic E-state index is 0.0628. The fourth-order valence-electron chi connectivity index (χ4n) is 4.11. The van der Waals surface area contributed by atoms with Gasteiger partial charge in [-0.3, -0.25) is 4.79 Å². The van der Waals surface area contributed by atoms with Crippen molar-refractivity contribution >= 4 is 29.2 Å². The molecule has 0 saturated carbocycles. The Morgan fingerprint density at radius 1 is 1.03 bits per heavy atom. The number of methoxy groups -OCH3 is 1. The lowest BCUT2D eigenvalue weighted by molar-refractivity contribution is -0.119. The summed E-state index contributed by atoms with van der Waals surface area (Å²) in [5, 5.41) is 3.63. The number of para-hydroxylation sites is 1. The lowest BCUT2D eigenvalue weighted by Gasteiger charge is -2.35. The second kappa shape index (κ2) is 13.8. The monoisotopic (exact) mass is 538 g/mol. The number of nitrogens with one attached hydrogen (secondary N) is 1. The Bertz CT molecular complexity index is 1200. The molecular weight excluding hydrogens is 508 g/mol. The first-order chi connectivity index (χ1) is 18.5. The van der Waals surface area contributed by atoms with Gasteiger partial charge in [0.25, 0.3) is 0 Å². The first kappa shape index (κ1) is 27.4. The van der Waals surface area contributed by atoms with Gasteiger partial charge in [0.1, 0.15) is 18.1 Å². The summed E-state index contributed by atoms with van der Waals surface area (Å²) in [4.78, 5) is 26.8. The molecule has 1 amide bonds. The van der Waals surface area contributed by atoms with Gasteiger partial charge in [0.05, 0.1) is 45.1 Å². The smallest absolute Gasteiger partial charge is 0.338 e. The van der Waals surface area contributed by atoms with Crippen LogP contribution >= 0.6 is 11.6 Å². The third-order valence-corrected chi connectivity index (χ3v) is 6.30. The average molecular weight is 539 g/mol. The maximum Gasteiger partial charge on any atom is 0.338 e. The number of hydrogen-bond acceptors (Lipinski definition) is 7. The Hall–Kier alpha value is -3.59. The zero-order valence-electron chi connectivity index (χ0n) is 21.2. The predicted octanol–water partition coefficient (Wildman–Crippen LogP) is 4.50. The van der Waals surface area contributed by atoms with E-state index in [4.69, 9.17) is 30.5 Å². The lowest BCUT2D eigenvalue weighted by Crippen LogP contribution is -2.57. The first-order valence-electron chi connectivity index (χ1n) is 12.4. The molecule has 1 N–H and O–H groups in total. The molecule has 0 spiro atoms. The van der Waals surface area contributed by atoms with Crippen LogP contribution in [-0.2, 0) is 20.9 Å². The van der Waals surface area contributed by atoms with Gasteiger partial charge in [0.2, 0.25) is 5.91 Å². The van der Waals surface area contributed by atoms with E-state index < -0.39 is 5.97 Å². The highest BCUT2D eigenvalue weighted by Gasteiger charge is 2.30. The molecule has 0 bridgehead atoms. The second-order valence-corrected chi connectivity index (χ2v) is 9.15. The van der Waals surface area contributed by atoms with Crippen LogP contribution in [0.5, 0.6) is 11.5 Å². The fraction of sp³-hybridized carbons (Fsp3) is 0.310. The maximum absolute atomic E-state index is 12.7. The molecule has 1 aliphatic heterocycles. The zero-order chi connectivity index (χ0) is 26.7. The molecular formula is C29H31ClN2O6. The van der Waals surface area contributed by atoms with Crippen LogP contribution in [0, 0.1) is 0 Å². The molecule has 0 unspecified atom stereocenters. The Labute approximate surface area is 227 Å². The third-order valence-electron chi connectivity index (χ3n) is 6.04. The van der Waals surface area contributed by atoms with Crippen molar-refractivity contribution in [2.24, 2.45) is 0 Å². The van der Waals surface area contributed by atoms with E-state index in [0.717, 1.165) is 23.4 Å². The lowest BCUT2D eigenvalue weighted by atomic mass is 10.1. The van der Waals surface area contributed by atoms with Crippen LogP contribution in [0.4, 0.5) is 5.69 Å². The van der Waals surface area contributed by atoms with Crippen molar-refractivity contribution in [3.63, 3.8) is 0 Å². The molecule has 0 aromatic heterocycles. The number of halogens is 1. The van der Waals surface area contributed by atoms with Crippen LogP contribution in [0.15, 0.2) is 72.8 Å². The summed E-state index contributed by atoms with van der Waals surface area (Å²) in [6, 6.07) is 21.3. The fourth-order valence-corrected chi connectivity index (χ4v) is 4.24. The maximum atomic E-state index is 12.7. The number of ether oxygens (including phenoxy) is 4. The normalized spacial score (nSPS) is 15.3. The van der Waals surface area contributed by atoms with Gasteiger partial charge in [0, 0.05) is 29.2 Å². The summed E-state index contributed by atoms with van der Waals surface area (Å²) in [6.45, 7) is 2.32. The number of amides is 1. The molecule has 4 rings (SSSR count). The Kier molecular flexibility index (Phi) is 9.97. The van der Waals surface area contributed by atoms with Crippen molar-refractivity contribution in [2.75, 3.05) is 44.9 Å². The number of benzene rings is 3. The predicted molar refractivity (Wildman–Crippen MR) is 145 cm³/mol. The number of nitrogens with zero attached hydrogens (tertiary/aromatic N) is 1. The van der Waals surface area contributed by atoms with E-state index in [1.807, 2.05) is 48.5 Å². The van der Waals surface area contributed by atoms with E-state index in [0.29, 0.717) is 42.7 Å². The van der Waals surface area contributed by atoms with E-state index in [2.05, 4.69) is 5.32 Å². The minimum Gasteiger partial charge on any atom is -0.496 e. The molecule has 200 valence electrons. The van der Waals surface area contributed by atoms with Gasteiger partial charge < -0.3 is 29.2 Å². The number of piperazine rings is 1. The van der Waals surface area contributed by atoms with E-state index in [1.54, 1.807) is 36.3 Å². The number of esters is 1. The quantitative estimate of drug-likeness (QED) is 0.268. The number of hydrogen-bond donors (Lipinski definition) is 1. The number of anilines is 1. The standard InChI is InChI=1S/C29H31ClN2O6/c1-35-27-6-3-2-5-22(27)19-36-15-4-16-37-26-13-11-24(12-14-26)32-25(17-31-18-28(32)33)20-38-29(34)21-7-9-23(30)10-8-21/h2-3,5-14,25,31H,4,15-20H2,1H3/t25-/m1/s1. The van der Waals surface area contributed by atoms with Crippen molar-refractivity contribution in [3.05, 3.63) is 88.9 Å². The highest BCUT2D eigenvalue weighted by atomic mass is 35.5. The molecule has 1 aliphatic rings. The SMILES string of the molecule is COc1ccccc1COCCCOc1ccc(N2C(=O)CNC[C@@H]2COC(=O)c2ccc(Cl)cc2)cc1. The summed E-state index contributed by atoms with van der Waals surface area (Å²) in [6.07, 6.45) is 0.730. The molecule has 1 atom stereocenters. The number of rotatable bonds is 12. The molecule has 0 radical (unpaired) electrons. The summed E-state index contributed by atoms with van der Waals surface area (Å²) in [5.41, 5.74) is 2.13. The molecule has 3 aromatic carbocycles. The largest absolute Gasteiger partial charge is 0.496 e. The molecule has 8 nitrogen and oxygen atoms in total. The molecule has 1 saturated heterocycles. The molecule has 38 heavy (non-hydrogen) atoms. The average Bonchev–Trinajstić information content (AvgIpc) is 2.94. The van der Waals surface area contributed by atoms with Gasteiger partial charge in [-0.15, -0.1) is 0 Å². The summed E-state index contributed by atoms with van der Waals surface area (Å²) < 4.78 is 22.4. The van der Waals surface area contributed by atoms with Crippen molar-refractivity contribution < 1.29 is 28.5 Å². The Morgan fingerprint density at radius 2 is 1.79 bits per heavy atom. The van der Waals surface area contributed by atoms with Crippen molar-refractivity contribution in [1.82, 2.24) is 5.32 Å². The van der Waals surface area contributed by atoms with Gasteiger partial charge in [-0.25, -0.2) is 4.79 Å². The van der Waals surface area contributed by atoms with Crippen LogP contribution in [-0.4, -0.2) is 57.9 Å². The van der Waals surface area contributed by atoms with E-state index in [9.17, 15) is 9.59 Å². The van der Waals surface area contributed by atoms with Gasteiger partial charge in [0.15, 0.2) is 0 Å². The van der Waals surface area contributed by atoms with Crippen LogP contribution in [0.3, 0.4) is 0 Å². The highest BCUT2D eigenvalue weighted by molar-refractivity contribution is 6.30. The number of carbonyl (C=O) groups is 2. The first-order valence-corrected chi connectivity index (χ1v) is 12.8. The van der Waals surface area contributed by atoms with Gasteiger partial charge in [-0.1, -0.05) is 29.8 Å². The van der Waals surface area contributed by atoms with E-state index in [1.165, 1.54) is 0 Å². The molecule has 1 fully saturated rings. The Balaban J connectivity index is 1.24. The van der Waals surface area contributed by atoms with Gasteiger partial charge >= 0.3 is 5.97 Å². The highest BCUT2D eigenvalue weighted by Crippen LogP contribution is 2.24. The van der Waals surface area contributed by atoms with Crippen molar-refractivity contribution in [1.29, 1.82) is 0 Å². The molecule has 0 aliphatic carbocycles. The van der Waals surface area contributed by atoms with Crippen LogP contribution in [0.1, 0.15) is 22.3 Å². The van der Waals surface area contributed by atoms with Crippen molar-refractivity contribution in [2.45, 2.75) is 19.1 Å². The van der Waals surface area contributed by atoms with Crippen LogP contribution in [0.25, 0.3) is 0 Å². The molecule has 1 heterocycles. The Morgan fingerprint density at radius 3 is 2.55 bits per heavy atom. The molecule has 9 heteroatoms. The third kappa shape index (κ3) is 7.47. The molecule has 3 aromatic rings. The topological polar surface area (TPSA) is 86.3 Å².